The fourth-order valence-electron chi connectivity index (χ4n) is 0.660. The Bertz CT molecular complexity index is 276. The van der Waals surface area contributed by atoms with Crippen LogP contribution in [-0.2, 0) is 28.7 Å². The molecule has 0 fully saturated rings. The molecule has 0 atom stereocenters. The molecule has 0 aromatic heterocycles. The summed E-state index contributed by atoms with van der Waals surface area (Å²) in [6.45, 7) is 3.61. The molecule has 0 saturated carbocycles. The quantitative estimate of drug-likeness (QED) is 0.268. The largest absolute Gasteiger partial charge is 1.00 e. The zero-order chi connectivity index (χ0) is 14.6. The molecule has 8 nitrogen and oxygen atoms in total. The SMILES string of the molecule is CCOC(=O)CC(=O)[O-].CCOC(=O)CC(=O)[O-].[Na+].[Na+]. The standard InChI is InChI=1S/2C5H8O4.2Na/c2*1-2-9-5(8)3-4(6)7;;/h2*2-3H2,1H3,(H,6,7);;/q;;2*+1/p-2. The van der Waals surface area contributed by atoms with Gasteiger partial charge in [0.05, 0.1) is 38.0 Å². The van der Waals surface area contributed by atoms with Crippen LogP contribution < -0.4 is 69.3 Å². The predicted molar refractivity (Wildman–Crippen MR) is 52.5 cm³/mol. The van der Waals surface area contributed by atoms with Gasteiger partial charge in [-0.15, -0.1) is 0 Å². The maximum atomic E-state index is 10.2. The number of carbonyl (C=O) groups is 4. The Morgan fingerprint density at radius 2 is 1.00 bits per heavy atom. The molecular formula is C10H14Na2O8. The molecule has 20 heavy (non-hydrogen) atoms. The third-order valence-electron chi connectivity index (χ3n) is 1.19. The Hall–Kier alpha value is -0.120. The number of carbonyl (C=O) groups excluding carboxylic acids is 4. The summed E-state index contributed by atoms with van der Waals surface area (Å²) >= 11 is 0. The van der Waals surface area contributed by atoms with Gasteiger partial charge in [0, 0.05) is 0 Å². The van der Waals surface area contributed by atoms with E-state index in [9.17, 15) is 29.4 Å². The van der Waals surface area contributed by atoms with Gasteiger partial charge in [0.1, 0.15) is 0 Å². The average molecular weight is 308 g/mol. The van der Waals surface area contributed by atoms with Crippen LogP contribution in [0.25, 0.3) is 0 Å². The fourth-order valence-corrected chi connectivity index (χ4v) is 0.660. The van der Waals surface area contributed by atoms with Gasteiger partial charge in [-0.25, -0.2) is 0 Å². The van der Waals surface area contributed by atoms with Crippen LogP contribution >= 0.6 is 0 Å². The molecule has 0 saturated heterocycles. The molecule has 104 valence electrons. The zero-order valence-corrected chi connectivity index (χ0v) is 16.1. The summed E-state index contributed by atoms with van der Waals surface area (Å²) < 4.78 is 8.59. The van der Waals surface area contributed by atoms with Crippen molar-refractivity contribution in [2.75, 3.05) is 13.2 Å². The van der Waals surface area contributed by atoms with Crippen molar-refractivity contribution in [3.63, 3.8) is 0 Å². The molecule has 0 radical (unpaired) electrons. The van der Waals surface area contributed by atoms with E-state index in [4.69, 9.17) is 0 Å². The second kappa shape index (κ2) is 18.9. The molecule has 0 aromatic rings. The van der Waals surface area contributed by atoms with Crippen LogP contribution in [0.3, 0.4) is 0 Å². The van der Waals surface area contributed by atoms with Crippen LogP contribution in [0.2, 0.25) is 0 Å². The summed E-state index contributed by atoms with van der Waals surface area (Å²) in [5.74, 6) is -4.32. The average Bonchev–Trinajstić information content (AvgIpc) is 2.16. The number of aliphatic carboxylic acids is 2. The Kier molecular flexibility index (Phi) is 26.5. The van der Waals surface area contributed by atoms with Crippen molar-refractivity contribution in [3.05, 3.63) is 0 Å². The van der Waals surface area contributed by atoms with Gasteiger partial charge in [0.15, 0.2) is 0 Å². The first-order valence-electron chi connectivity index (χ1n) is 5.04. The smallest absolute Gasteiger partial charge is 0.550 e. The van der Waals surface area contributed by atoms with Crippen LogP contribution in [0.4, 0.5) is 0 Å². The molecule has 0 rings (SSSR count). The van der Waals surface area contributed by atoms with E-state index in [0.717, 1.165) is 0 Å². The van der Waals surface area contributed by atoms with Crippen molar-refractivity contribution in [2.45, 2.75) is 26.7 Å². The minimum Gasteiger partial charge on any atom is -0.550 e. The number of hydrogen-bond donors (Lipinski definition) is 0. The number of hydrogen-bond acceptors (Lipinski definition) is 8. The van der Waals surface area contributed by atoms with E-state index in [2.05, 4.69) is 9.47 Å². The van der Waals surface area contributed by atoms with E-state index < -0.39 is 36.7 Å². The van der Waals surface area contributed by atoms with Crippen molar-refractivity contribution in [2.24, 2.45) is 0 Å². The second-order valence-corrected chi connectivity index (χ2v) is 2.71. The van der Waals surface area contributed by atoms with Gasteiger partial charge >= 0.3 is 71.1 Å². The summed E-state index contributed by atoms with van der Waals surface area (Å²) in [7, 11) is 0. The third kappa shape index (κ3) is 26.4. The van der Waals surface area contributed by atoms with Crippen LogP contribution in [0, 0.1) is 0 Å². The molecule has 0 heterocycles. The summed E-state index contributed by atoms with van der Waals surface area (Å²) in [5, 5.41) is 19.3. The van der Waals surface area contributed by atoms with E-state index in [1.807, 2.05) is 0 Å². The molecule has 0 unspecified atom stereocenters. The molecular weight excluding hydrogens is 294 g/mol. The van der Waals surface area contributed by atoms with Crippen molar-refractivity contribution >= 4 is 23.9 Å². The van der Waals surface area contributed by atoms with E-state index >= 15 is 0 Å². The van der Waals surface area contributed by atoms with E-state index in [0.29, 0.717) is 0 Å². The topological polar surface area (TPSA) is 133 Å². The van der Waals surface area contributed by atoms with Crippen LogP contribution in [-0.4, -0.2) is 37.1 Å². The van der Waals surface area contributed by atoms with Crippen molar-refractivity contribution in [1.29, 1.82) is 0 Å². The number of esters is 2. The molecule has 0 N–H and O–H groups in total. The number of ether oxygens (including phenoxy) is 2. The van der Waals surface area contributed by atoms with Crippen molar-refractivity contribution < 1.29 is 98.0 Å². The van der Waals surface area contributed by atoms with Crippen molar-refractivity contribution in [3.8, 4) is 0 Å². The van der Waals surface area contributed by atoms with Gasteiger partial charge in [-0.3, -0.25) is 9.59 Å². The monoisotopic (exact) mass is 308 g/mol. The molecule has 0 amide bonds. The Morgan fingerprint density at radius 3 is 1.15 bits per heavy atom. The van der Waals surface area contributed by atoms with E-state index in [1.165, 1.54) is 0 Å². The minimum absolute atomic E-state index is 0. The van der Waals surface area contributed by atoms with Crippen molar-refractivity contribution in [1.82, 2.24) is 0 Å². The Balaban J connectivity index is -0.000000116. The van der Waals surface area contributed by atoms with Crippen LogP contribution in [0.15, 0.2) is 0 Å². The van der Waals surface area contributed by atoms with Gasteiger partial charge in [-0.1, -0.05) is 0 Å². The molecule has 0 spiro atoms. The normalized spacial score (nSPS) is 7.70. The predicted octanol–water partition coefficient (Wildman–Crippen LogP) is -8.61. The maximum Gasteiger partial charge on any atom is 1.00 e. The van der Waals surface area contributed by atoms with E-state index in [1.54, 1.807) is 13.8 Å². The molecule has 0 aromatic carbocycles. The first-order valence-corrected chi connectivity index (χ1v) is 5.04. The number of carboxylic acid groups (broad SMARTS) is 2. The third-order valence-corrected chi connectivity index (χ3v) is 1.19. The van der Waals surface area contributed by atoms with Gasteiger partial charge in [0.25, 0.3) is 0 Å². The summed E-state index contributed by atoms with van der Waals surface area (Å²) in [4.78, 5) is 39.8. The Labute approximate surface area is 160 Å². The molecule has 10 heteroatoms. The minimum atomic E-state index is -1.41. The van der Waals surface area contributed by atoms with E-state index in [-0.39, 0.29) is 72.3 Å². The van der Waals surface area contributed by atoms with Gasteiger partial charge < -0.3 is 29.3 Å². The summed E-state index contributed by atoms with van der Waals surface area (Å²) in [6, 6.07) is 0. The van der Waals surface area contributed by atoms with Crippen LogP contribution in [0.1, 0.15) is 26.7 Å². The summed E-state index contributed by atoms with van der Waals surface area (Å²) in [6.07, 6.45) is -1.32. The van der Waals surface area contributed by atoms with Gasteiger partial charge in [-0.2, -0.15) is 0 Å². The fraction of sp³-hybridized carbons (Fsp3) is 0.600. The first-order chi connectivity index (χ1) is 8.33. The number of rotatable bonds is 6. The van der Waals surface area contributed by atoms with Gasteiger partial charge in [-0.05, 0) is 13.8 Å². The molecule has 0 aliphatic rings. The van der Waals surface area contributed by atoms with Gasteiger partial charge in [0.2, 0.25) is 0 Å². The molecule has 0 aliphatic heterocycles. The first kappa shape index (κ1) is 28.1. The zero-order valence-electron chi connectivity index (χ0n) is 12.1. The van der Waals surface area contributed by atoms with Crippen LogP contribution in [0.5, 0.6) is 0 Å². The molecule has 0 bridgehead atoms. The summed E-state index contributed by atoms with van der Waals surface area (Å²) in [5.41, 5.74) is 0. The number of carboxylic acids is 2. The molecule has 0 aliphatic carbocycles. The maximum absolute atomic E-state index is 10.2. The Morgan fingerprint density at radius 1 is 0.750 bits per heavy atom. The second-order valence-electron chi connectivity index (χ2n) is 2.71.